The van der Waals surface area contributed by atoms with Crippen molar-refractivity contribution >= 4 is 5.82 Å². The molecule has 2 N–H and O–H groups in total. The molecule has 0 bridgehead atoms. The molecule has 1 aromatic rings. The summed E-state index contributed by atoms with van der Waals surface area (Å²) < 4.78 is 11.0. The summed E-state index contributed by atoms with van der Waals surface area (Å²) in [4.78, 5) is 8.41. The van der Waals surface area contributed by atoms with Gasteiger partial charge in [-0.2, -0.15) is 4.98 Å². The topological polar surface area (TPSA) is 70.3 Å². The lowest BCUT2D eigenvalue weighted by Gasteiger charge is -2.21. The summed E-state index contributed by atoms with van der Waals surface area (Å²) in [5.74, 6) is 2.34. The first-order valence-corrected chi connectivity index (χ1v) is 6.12. The van der Waals surface area contributed by atoms with E-state index in [1.165, 1.54) is 0 Å². The Hall–Kier alpha value is -1.36. The van der Waals surface area contributed by atoms with E-state index in [1.807, 2.05) is 6.92 Å². The molecule has 1 aliphatic heterocycles. The van der Waals surface area contributed by atoms with Gasteiger partial charge in [-0.3, -0.25) is 0 Å². The number of nitrogen functional groups attached to an aromatic ring is 1. The highest BCUT2D eigenvalue weighted by atomic mass is 16.5. The average Bonchev–Trinajstić information content (AvgIpc) is 2.37. The van der Waals surface area contributed by atoms with Crippen LogP contribution in [-0.4, -0.2) is 29.8 Å². The van der Waals surface area contributed by atoms with Gasteiger partial charge < -0.3 is 15.2 Å². The summed E-state index contributed by atoms with van der Waals surface area (Å²) in [5.41, 5.74) is 5.69. The van der Waals surface area contributed by atoms with E-state index in [1.54, 1.807) is 6.07 Å². The Bertz CT molecular complexity index is 365. The van der Waals surface area contributed by atoms with E-state index in [2.05, 4.69) is 9.97 Å². The van der Waals surface area contributed by atoms with Crippen molar-refractivity contribution in [2.75, 3.05) is 25.6 Å². The SMILES string of the molecule is CCc1nc(N)cc(OCC2CCOCC2)n1. The fourth-order valence-electron chi connectivity index (χ4n) is 1.84. The van der Waals surface area contributed by atoms with Crippen LogP contribution in [0, 0.1) is 5.92 Å². The van der Waals surface area contributed by atoms with E-state index in [9.17, 15) is 0 Å². The number of aryl methyl sites for hydroxylation is 1. The first kappa shape index (κ1) is 12.1. The summed E-state index contributed by atoms with van der Waals surface area (Å²) in [6.45, 7) is 4.35. The molecule has 1 aromatic heterocycles. The number of ether oxygens (including phenoxy) is 2. The number of rotatable bonds is 4. The van der Waals surface area contributed by atoms with Crippen molar-refractivity contribution in [1.82, 2.24) is 9.97 Å². The third kappa shape index (κ3) is 3.56. The zero-order valence-corrected chi connectivity index (χ0v) is 10.2. The predicted octanol–water partition coefficient (Wildman–Crippen LogP) is 1.43. The first-order valence-electron chi connectivity index (χ1n) is 6.12. The van der Waals surface area contributed by atoms with Crippen molar-refractivity contribution in [3.8, 4) is 5.88 Å². The molecule has 2 heterocycles. The van der Waals surface area contributed by atoms with Crippen LogP contribution in [0.4, 0.5) is 5.82 Å². The molecule has 5 nitrogen and oxygen atoms in total. The number of hydrogen-bond acceptors (Lipinski definition) is 5. The van der Waals surface area contributed by atoms with Gasteiger partial charge in [0.25, 0.3) is 0 Å². The van der Waals surface area contributed by atoms with Crippen LogP contribution in [0.1, 0.15) is 25.6 Å². The molecule has 0 spiro atoms. The highest BCUT2D eigenvalue weighted by Gasteiger charge is 2.15. The van der Waals surface area contributed by atoms with Gasteiger partial charge in [0.1, 0.15) is 11.6 Å². The zero-order valence-electron chi connectivity index (χ0n) is 10.2. The summed E-state index contributed by atoms with van der Waals surface area (Å²) in [5, 5.41) is 0. The largest absolute Gasteiger partial charge is 0.477 e. The molecule has 0 saturated carbocycles. The molecule has 0 radical (unpaired) electrons. The minimum Gasteiger partial charge on any atom is -0.477 e. The molecule has 0 amide bonds. The number of anilines is 1. The van der Waals surface area contributed by atoms with Crippen molar-refractivity contribution < 1.29 is 9.47 Å². The lowest BCUT2D eigenvalue weighted by molar-refractivity contribution is 0.0490. The maximum absolute atomic E-state index is 5.69. The number of nitrogens with two attached hydrogens (primary N) is 1. The fraction of sp³-hybridized carbons (Fsp3) is 0.667. The monoisotopic (exact) mass is 237 g/mol. The summed E-state index contributed by atoms with van der Waals surface area (Å²) in [6, 6.07) is 1.68. The van der Waals surface area contributed by atoms with Gasteiger partial charge >= 0.3 is 0 Å². The zero-order chi connectivity index (χ0) is 12.1. The second-order valence-corrected chi connectivity index (χ2v) is 4.27. The minimum absolute atomic E-state index is 0.471. The summed E-state index contributed by atoms with van der Waals surface area (Å²) in [7, 11) is 0. The Morgan fingerprint density at radius 2 is 2.18 bits per heavy atom. The van der Waals surface area contributed by atoms with E-state index < -0.39 is 0 Å². The molecule has 1 aliphatic rings. The number of nitrogens with zero attached hydrogens (tertiary/aromatic N) is 2. The van der Waals surface area contributed by atoms with E-state index in [0.29, 0.717) is 24.2 Å². The maximum Gasteiger partial charge on any atom is 0.218 e. The molecular weight excluding hydrogens is 218 g/mol. The van der Waals surface area contributed by atoms with Gasteiger partial charge in [0, 0.05) is 25.7 Å². The molecule has 0 aromatic carbocycles. The third-order valence-electron chi connectivity index (χ3n) is 2.89. The lowest BCUT2D eigenvalue weighted by atomic mass is 10.0. The van der Waals surface area contributed by atoms with E-state index in [0.717, 1.165) is 38.3 Å². The molecule has 0 unspecified atom stereocenters. The average molecular weight is 237 g/mol. The Balaban J connectivity index is 1.91. The van der Waals surface area contributed by atoms with Crippen LogP contribution in [-0.2, 0) is 11.2 Å². The van der Waals surface area contributed by atoms with Crippen molar-refractivity contribution in [2.45, 2.75) is 26.2 Å². The highest BCUT2D eigenvalue weighted by molar-refractivity contribution is 5.32. The van der Waals surface area contributed by atoms with Gasteiger partial charge in [0.2, 0.25) is 5.88 Å². The molecule has 94 valence electrons. The van der Waals surface area contributed by atoms with Crippen LogP contribution in [0.2, 0.25) is 0 Å². The normalized spacial score (nSPS) is 17.0. The van der Waals surface area contributed by atoms with Gasteiger partial charge in [-0.1, -0.05) is 6.92 Å². The lowest BCUT2D eigenvalue weighted by Crippen LogP contribution is -2.21. The number of hydrogen-bond donors (Lipinski definition) is 1. The molecule has 1 saturated heterocycles. The van der Waals surface area contributed by atoms with Crippen molar-refractivity contribution in [1.29, 1.82) is 0 Å². The van der Waals surface area contributed by atoms with Crippen LogP contribution in [0.25, 0.3) is 0 Å². The standard InChI is InChI=1S/C12H19N3O2/c1-2-11-14-10(13)7-12(15-11)17-8-9-3-5-16-6-4-9/h7,9H,2-6,8H2,1H3,(H2,13,14,15). The van der Waals surface area contributed by atoms with Crippen molar-refractivity contribution in [3.05, 3.63) is 11.9 Å². The molecule has 0 atom stereocenters. The van der Waals surface area contributed by atoms with Crippen LogP contribution < -0.4 is 10.5 Å². The first-order chi connectivity index (χ1) is 8.28. The van der Waals surface area contributed by atoms with Gasteiger partial charge in [0.15, 0.2) is 0 Å². The predicted molar refractivity (Wildman–Crippen MR) is 64.9 cm³/mol. The van der Waals surface area contributed by atoms with Crippen molar-refractivity contribution in [2.24, 2.45) is 5.92 Å². The Morgan fingerprint density at radius 3 is 2.88 bits per heavy atom. The van der Waals surface area contributed by atoms with Gasteiger partial charge in [-0.15, -0.1) is 0 Å². The van der Waals surface area contributed by atoms with E-state index in [4.69, 9.17) is 15.2 Å². The Morgan fingerprint density at radius 1 is 1.41 bits per heavy atom. The third-order valence-corrected chi connectivity index (χ3v) is 2.89. The molecule has 17 heavy (non-hydrogen) atoms. The van der Waals surface area contributed by atoms with E-state index >= 15 is 0 Å². The smallest absolute Gasteiger partial charge is 0.218 e. The van der Waals surface area contributed by atoms with Gasteiger partial charge in [-0.25, -0.2) is 4.98 Å². The fourth-order valence-corrected chi connectivity index (χ4v) is 1.84. The van der Waals surface area contributed by atoms with Gasteiger partial charge in [0.05, 0.1) is 6.61 Å². The summed E-state index contributed by atoms with van der Waals surface area (Å²) in [6.07, 6.45) is 2.88. The van der Waals surface area contributed by atoms with E-state index in [-0.39, 0.29) is 0 Å². The Labute approximate surface area is 101 Å². The Kier molecular flexibility index (Phi) is 4.14. The molecule has 0 aliphatic carbocycles. The second-order valence-electron chi connectivity index (χ2n) is 4.27. The van der Waals surface area contributed by atoms with Gasteiger partial charge in [-0.05, 0) is 18.8 Å². The molecular formula is C12H19N3O2. The minimum atomic E-state index is 0.471. The molecule has 2 rings (SSSR count). The quantitative estimate of drug-likeness (QED) is 0.857. The summed E-state index contributed by atoms with van der Waals surface area (Å²) >= 11 is 0. The number of aromatic nitrogens is 2. The second kappa shape index (κ2) is 5.82. The van der Waals surface area contributed by atoms with Crippen LogP contribution in [0.3, 0.4) is 0 Å². The molecule has 5 heteroatoms. The van der Waals surface area contributed by atoms with Crippen LogP contribution in [0.5, 0.6) is 5.88 Å². The highest BCUT2D eigenvalue weighted by Crippen LogP contribution is 2.17. The van der Waals surface area contributed by atoms with Crippen LogP contribution in [0.15, 0.2) is 6.07 Å². The maximum atomic E-state index is 5.69. The van der Waals surface area contributed by atoms with Crippen molar-refractivity contribution in [3.63, 3.8) is 0 Å². The van der Waals surface area contributed by atoms with Crippen LogP contribution >= 0.6 is 0 Å². The molecule has 1 fully saturated rings.